The number of rotatable bonds is 2. The highest BCUT2D eigenvalue weighted by atomic mass is 32.1. The maximum atomic E-state index is 11.7. The van der Waals surface area contributed by atoms with Crippen molar-refractivity contribution in [1.29, 1.82) is 0 Å². The molecule has 7 heteroatoms. The van der Waals surface area contributed by atoms with Crippen LogP contribution >= 0.6 is 11.3 Å². The van der Waals surface area contributed by atoms with Crippen molar-refractivity contribution in [2.75, 3.05) is 5.32 Å². The topological polar surface area (TPSA) is 90.1 Å². The maximum absolute atomic E-state index is 11.7. The molecule has 0 aliphatic carbocycles. The minimum absolute atomic E-state index is 0.437. The first-order valence-electron chi connectivity index (χ1n) is 5.82. The summed E-state index contributed by atoms with van der Waals surface area (Å²) >= 11 is 1.48. The molecule has 19 heavy (non-hydrogen) atoms. The number of anilines is 1. The van der Waals surface area contributed by atoms with Gasteiger partial charge in [-0.1, -0.05) is 0 Å². The van der Waals surface area contributed by atoms with Gasteiger partial charge in [-0.2, -0.15) is 0 Å². The smallest absolute Gasteiger partial charge is 0.413 e. The molecule has 102 valence electrons. The van der Waals surface area contributed by atoms with Crippen molar-refractivity contribution in [3.63, 3.8) is 0 Å². The van der Waals surface area contributed by atoms with Crippen LogP contribution in [0.15, 0.2) is 12.4 Å². The summed E-state index contributed by atoms with van der Waals surface area (Å²) in [4.78, 5) is 21.7. The molecule has 0 atom stereocenters. The van der Waals surface area contributed by atoms with Crippen LogP contribution in [0.3, 0.4) is 0 Å². The van der Waals surface area contributed by atoms with E-state index >= 15 is 0 Å². The molecule has 0 radical (unpaired) electrons. The summed E-state index contributed by atoms with van der Waals surface area (Å²) in [5, 5.41) is 3.41. The monoisotopic (exact) mass is 280 g/mol. The lowest BCUT2D eigenvalue weighted by Gasteiger charge is -2.19. The van der Waals surface area contributed by atoms with Gasteiger partial charge in [-0.3, -0.25) is 5.32 Å². The van der Waals surface area contributed by atoms with Crippen molar-refractivity contribution in [3.05, 3.63) is 17.3 Å². The van der Waals surface area contributed by atoms with Gasteiger partial charge in [0.05, 0.1) is 5.39 Å². The first-order valence-corrected chi connectivity index (χ1v) is 6.64. The van der Waals surface area contributed by atoms with Crippen molar-refractivity contribution in [2.45, 2.75) is 32.9 Å². The van der Waals surface area contributed by atoms with E-state index in [2.05, 4.69) is 15.3 Å². The Morgan fingerprint density at radius 3 is 2.84 bits per heavy atom. The Bertz CT molecular complexity index is 603. The van der Waals surface area contributed by atoms with Crippen molar-refractivity contribution < 1.29 is 9.53 Å². The number of hydrogen-bond acceptors (Lipinski definition) is 6. The number of nitrogens with two attached hydrogens (primary N) is 1. The molecule has 2 rings (SSSR count). The molecule has 2 aromatic rings. The molecule has 3 N–H and O–H groups in total. The average molecular weight is 280 g/mol. The van der Waals surface area contributed by atoms with Crippen molar-refractivity contribution in [1.82, 2.24) is 9.97 Å². The van der Waals surface area contributed by atoms with Gasteiger partial charge in [0.15, 0.2) is 0 Å². The van der Waals surface area contributed by atoms with Crippen LogP contribution in [0.2, 0.25) is 0 Å². The number of fused-ring (bicyclic) bond motifs is 1. The molecular formula is C12H16N4O2S. The Kier molecular flexibility index (Phi) is 3.68. The Hall–Kier alpha value is -1.73. The molecule has 0 fully saturated rings. The quantitative estimate of drug-likeness (QED) is 0.882. The minimum atomic E-state index is -0.548. The second-order valence-electron chi connectivity index (χ2n) is 4.98. The largest absolute Gasteiger partial charge is 0.444 e. The molecule has 0 saturated heterocycles. The van der Waals surface area contributed by atoms with Crippen LogP contribution in [0, 0.1) is 0 Å². The van der Waals surface area contributed by atoms with E-state index in [0.29, 0.717) is 12.4 Å². The molecule has 0 aliphatic heterocycles. The van der Waals surface area contributed by atoms with Gasteiger partial charge < -0.3 is 10.5 Å². The summed E-state index contributed by atoms with van der Waals surface area (Å²) < 4.78 is 5.19. The predicted octanol–water partition coefficient (Wildman–Crippen LogP) is 2.50. The lowest BCUT2D eigenvalue weighted by Crippen LogP contribution is -2.27. The molecule has 0 bridgehead atoms. The lowest BCUT2D eigenvalue weighted by atomic mass is 10.2. The number of carbonyl (C=O) groups excluding carboxylic acids is 1. The van der Waals surface area contributed by atoms with Gasteiger partial charge >= 0.3 is 6.09 Å². The zero-order valence-corrected chi connectivity index (χ0v) is 11.9. The van der Waals surface area contributed by atoms with Gasteiger partial charge in [-0.15, -0.1) is 11.3 Å². The normalized spacial score (nSPS) is 11.6. The highest BCUT2D eigenvalue weighted by Crippen LogP contribution is 2.28. The third-order valence-corrected chi connectivity index (χ3v) is 3.27. The van der Waals surface area contributed by atoms with Crippen LogP contribution in [-0.4, -0.2) is 21.7 Å². The Balaban J connectivity index is 2.25. The molecule has 0 unspecified atom stereocenters. The van der Waals surface area contributed by atoms with Gasteiger partial charge in [0.2, 0.25) is 0 Å². The van der Waals surface area contributed by atoms with E-state index in [-0.39, 0.29) is 0 Å². The highest BCUT2D eigenvalue weighted by molar-refractivity contribution is 7.18. The van der Waals surface area contributed by atoms with E-state index in [1.54, 1.807) is 20.8 Å². The zero-order chi connectivity index (χ0) is 14.0. The predicted molar refractivity (Wildman–Crippen MR) is 75.2 cm³/mol. The van der Waals surface area contributed by atoms with E-state index in [0.717, 1.165) is 15.1 Å². The second kappa shape index (κ2) is 5.10. The number of ether oxygens (including phenoxy) is 1. The van der Waals surface area contributed by atoms with E-state index in [1.165, 1.54) is 17.7 Å². The van der Waals surface area contributed by atoms with Crippen molar-refractivity contribution in [2.24, 2.45) is 5.73 Å². The number of aromatic nitrogens is 2. The fraction of sp³-hybridized carbons (Fsp3) is 0.417. The van der Waals surface area contributed by atoms with Crippen LogP contribution in [0.5, 0.6) is 0 Å². The summed E-state index contributed by atoms with van der Waals surface area (Å²) in [6, 6.07) is 1.88. The fourth-order valence-corrected chi connectivity index (χ4v) is 2.38. The minimum Gasteiger partial charge on any atom is -0.444 e. The number of amides is 1. The molecule has 2 aromatic heterocycles. The number of thiophene rings is 1. The van der Waals surface area contributed by atoms with Crippen LogP contribution in [-0.2, 0) is 11.3 Å². The standard InChI is InChI=1S/C12H16N4O2S/c1-12(2,3)18-11(17)16-9-8-4-7(5-13)19-10(8)15-6-14-9/h4,6H,5,13H2,1-3H3,(H,14,15,16,17). The molecular weight excluding hydrogens is 264 g/mol. The van der Waals surface area contributed by atoms with Crippen LogP contribution < -0.4 is 11.1 Å². The van der Waals surface area contributed by atoms with Crippen LogP contribution in [0.4, 0.5) is 10.6 Å². The van der Waals surface area contributed by atoms with E-state index in [1.807, 2.05) is 6.07 Å². The van der Waals surface area contributed by atoms with Crippen molar-refractivity contribution >= 4 is 33.5 Å². The highest BCUT2D eigenvalue weighted by Gasteiger charge is 2.18. The molecule has 6 nitrogen and oxygen atoms in total. The Morgan fingerprint density at radius 2 is 2.21 bits per heavy atom. The van der Waals surface area contributed by atoms with E-state index in [4.69, 9.17) is 10.5 Å². The summed E-state index contributed by atoms with van der Waals surface area (Å²) in [6.45, 7) is 5.85. The van der Waals surface area contributed by atoms with Crippen LogP contribution in [0.25, 0.3) is 10.2 Å². The summed E-state index contributed by atoms with van der Waals surface area (Å²) in [5.41, 5.74) is 5.05. The third kappa shape index (κ3) is 3.39. The van der Waals surface area contributed by atoms with Crippen molar-refractivity contribution in [3.8, 4) is 0 Å². The maximum Gasteiger partial charge on any atom is 0.413 e. The number of nitrogens with zero attached hydrogens (tertiary/aromatic N) is 2. The SMILES string of the molecule is CC(C)(C)OC(=O)Nc1ncnc2sc(CN)cc12. The van der Waals surface area contributed by atoms with Gasteiger partial charge in [-0.25, -0.2) is 14.8 Å². The Morgan fingerprint density at radius 1 is 1.47 bits per heavy atom. The number of hydrogen-bond donors (Lipinski definition) is 2. The van der Waals surface area contributed by atoms with E-state index < -0.39 is 11.7 Å². The number of carbonyl (C=O) groups is 1. The molecule has 0 aromatic carbocycles. The van der Waals surface area contributed by atoms with Gasteiger partial charge in [-0.05, 0) is 26.8 Å². The lowest BCUT2D eigenvalue weighted by molar-refractivity contribution is 0.0635. The summed E-state index contributed by atoms with van der Waals surface area (Å²) in [7, 11) is 0. The second-order valence-corrected chi connectivity index (χ2v) is 6.10. The molecule has 0 aliphatic rings. The van der Waals surface area contributed by atoms with Crippen LogP contribution in [0.1, 0.15) is 25.6 Å². The molecule has 0 spiro atoms. The molecule has 0 saturated carbocycles. The zero-order valence-electron chi connectivity index (χ0n) is 11.1. The van der Waals surface area contributed by atoms with E-state index in [9.17, 15) is 4.79 Å². The summed E-state index contributed by atoms with van der Waals surface area (Å²) in [5.74, 6) is 0.440. The molecule has 1 amide bonds. The first-order chi connectivity index (χ1) is 8.89. The van der Waals surface area contributed by atoms with Gasteiger partial charge in [0.1, 0.15) is 22.6 Å². The third-order valence-electron chi connectivity index (χ3n) is 2.20. The van der Waals surface area contributed by atoms with Gasteiger partial charge in [0, 0.05) is 11.4 Å². The van der Waals surface area contributed by atoms with Gasteiger partial charge in [0.25, 0.3) is 0 Å². The summed E-state index contributed by atoms with van der Waals surface area (Å²) in [6.07, 6.45) is 0.874. The first kappa shape index (κ1) is 13.7. The fourth-order valence-electron chi connectivity index (χ4n) is 1.51. The Labute approximate surface area is 115 Å². The molecule has 2 heterocycles. The average Bonchev–Trinajstić information content (AvgIpc) is 2.70. The number of nitrogens with one attached hydrogen (secondary N) is 1.